The molecule has 92 valence electrons. The van der Waals surface area contributed by atoms with Gasteiger partial charge in [-0.3, -0.25) is 4.79 Å². The number of Topliss-reactive ketones (excluding diaryl/α,β-unsaturated/α-hetero) is 1. The summed E-state index contributed by atoms with van der Waals surface area (Å²) in [6.07, 6.45) is 0. The lowest BCUT2D eigenvalue weighted by molar-refractivity contribution is -0.144. The van der Waals surface area contributed by atoms with E-state index >= 15 is 0 Å². The normalized spacial score (nSPS) is 26.6. The second-order valence-corrected chi connectivity index (χ2v) is 5.58. The Morgan fingerprint density at radius 1 is 1.29 bits per heavy atom. The van der Waals surface area contributed by atoms with Gasteiger partial charge in [0.05, 0.1) is 18.6 Å². The fraction of sp³-hybridized carbons (Fsp3) is 0.500. The average molecular weight is 253 g/mol. The van der Waals surface area contributed by atoms with Gasteiger partial charge in [0, 0.05) is 11.3 Å². The zero-order valence-electron chi connectivity index (χ0n) is 10.2. The number of alkyl halides is 1. The molecule has 1 aliphatic carbocycles. The molecular weight excluding hydrogens is 236 g/mol. The minimum Gasteiger partial charge on any atom is -0.376 e. The second-order valence-electron chi connectivity index (χ2n) is 5.14. The van der Waals surface area contributed by atoms with Crippen molar-refractivity contribution in [3.63, 3.8) is 0 Å². The summed E-state index contributed by atoms with van der Waals surface area (Å²) in [5.74, 6) is 0.0541. The summed E-state index contributed by atoms with van der Waals surface area (Å²) >= 11 is 5.98. The predicted octanol–water partition coefficient (Wildman–Crippen LogP) is 3.04. The fourth-order valence-electron chi connectivity index (χ4n) is 2.16. The van der Waals surface area contributed by atoms with Gasteiger partial charge in [-0.05, 0) is 5.56 Å². The molecule has 2 unspecified atom stereocenters. The van der Waals surface area contributed by atoms with Gasteiger partial charge in [-0.2, -0.15) is 0 Å². The summed E-state index contributed by atoms with van der Waals surface area (Å²) < 4.78 is 5.60. The standard InChI is InChI=1S/C14H17ClO2/c1-14(2)11(12(16)13(14)15)9-17-8-10-6-4-3-5-7-10/h3-7,11,13H,8-9H2,1-2H3. The van der Waals surface area contributed by atoms with Gasteiger partial charge < -0.3 is 4.74 Å². The smallest absolute Gasteiger partial charge is 0.157 e. The van der Waals surface area contributed by atoms with Gasteiger partial charge in [-0.1, -0.05) is 44.2 Å². The number of rotatable bonds is 4. The van der Waals surface area contributed by atoms with Crippen molar-refractivity contribution in [2.24, 2.45) is 11.3 Å². The SMILES string of the molecule is CC1(C)C(Cl)C(=O)C1COCc1ccccc1. The molecule has 0 spiro atoms. The van der Waals surface area contributed by atoms with E-state index in [0.717, 1.165) is 5.56 Å². The maximum atomic E-state index is 11.6. The van der Waals surface area contributed by atoms with E-state index in [4.69, 9.17) is 16.3 Å². The largest absolute Gasteiger partial charge is 0.376 e. The highest BCUT2D eigenvalue weighted by molar-refractivity contribution is 6.34. The van der Waals surface area contributed by atoms with Crippen LogP contribution in [0.3, 0.4) is 0 Å². The van der Waals surface area contributed by atoms with Crippen molar-refractivity contribution < 1.29 is 9.53 Å². The van der Waals surface area contributed by atoms with E-state index < -0.39 is 0 Å². The maximum absolute atomic E-state index is 11.6. The summed E-state index contributed by atoms with van der Waals surface area (Å²) in [6, 6.07) is 9.95. The first kappa shape index (κ1) is 12.6. The average Bonchev–Trinajstić information content (AvgIpc) is 2.34. The molecule has 2 nitrogen and oxygen atoms in total. The Morgan fingerprint density at radius 2 is 1.94 bits per heavy atom. The highest BCUT2D eigenvalue weighted by Gasteiger charge is 2.55. The zero-order valence-corrected chi connectivity index (χ0v) is 10.9. The van der Waals surface area contributed by atoms with E-state index in [-0.39, 0.29) is 22.5 Å². The van der Waals surface area contributed by atoms with E-state index in [2.05, 4.69) is 0 Å². The molecule has 17 heavy (non-hydrogen) atoms. The lowest BCUT2D eigenvalue weighted by Crippen LogP contribution is -2.57. The summed E-state index contributed by atoms with van der Waals surface area (Å²) in [5.41, 5.74) is 0.981. The third-order valence-electron chi connectivity index (χ3n) is 3.54. The van der Waals surface area contributed by atoms with Crippen LogP contribution in [0.4, 0.5) is 0 Å². The van der Waals surface area contributed by atoms with Gasteiger partial charge in [0.25, 0.3) is 0 Å². The molecule has 2 atom stereocenters. The third-order valence-corrected chi connectivity index (χ3v) is 4.32. The Morgan fingerprint density at radius 3 is 2.53 bits per heavy atom. The summed E-state index contributed by atoms with van der Waals surface area (Å²) in [6.45, 7) is 5.04. The van der Waals surface area contributed by atoms with Gasteiger partial charge in [0.1, 0.15) is 0 Å². The summed E-state index contributed by atoms with van der Waals surface area (Å²) in [7, 11) is 0. The van der Waals surface area contributed by atoms with Crippen molar-refractivity contribution in [3.05, 3.63) is 35.9 Å². The Bertz CT molecular complexity index is 400. The number of ketones is 1. The van der Waals surface area contributed by atoms with Crippen molar-refractivity contribution in [3.8, 4) is 0 Å². The Hall–Kier alpha value is -0.860. The first-order valence-corrected chi connectivity index (χ1v) is 6.26. The van der Waals surface area contributed by atoms with Gasteiger partial charge in [0.15, 0.2) is 5.78 Å². The Balaban J connectivity index is 1.82. The van der Waals surface area contributed by atoms with Crippen LogP contribution < -0.4 is 0 Å². The molecule has 0 amide bonds. The van der Waals surface area contributed by atoms with Crippen LogP contribution in [0.15, 0.2) is 30.3 Å². The lowest BCUT2D eigenvalue weighted by atomic mass is 9.61. The van der Waals surface area contributed by atoms with Crippen LogP contribution >= 0.6 is 11.6 Å². The van der Waals surface area contributed by atoms with Crippen molar-refractivity contribution in [2.75, 3.05) is 6.61 Å². The quantitative estimate of drug-likeness (QED) is 0.770. The molecular formula is C14H17ClO2. The van der Waals surface area contributed by atoms with Crippen molar-refractivity contribution in [2.45, 2.75) is 25.8 Å². The minimum atomic E-state index is -0.354. The van der Waals surface area contributed by atoms with Crippen LogP contribution in [0.25, 0.3) is 0 Å². The molecule has 1 aromatic rings. The van der Waals surface area contributed by atoms with Crippen LogP contribution in [0.5, 0.6) is 0 Å². The van der Waals surface area contributed by atoms with E-state index in [1.54, 1.807) is 0 Å². The molecule has 0 bridgehead atoms. The number of halogens is 1. The molecule has 0 radical (unpaired) electrons. The molecule has 0 saturated heterocycles. The van der Waals surface area contributed by atoms with Crippen molar-refractivity contribution in [1.29, 1.82) is 0 Å². The molecule has 0 aromatic heterocycles. The molecule has 2 rings (SSSR count). The number of hydrogen-bond acceptors (Lipinski definition) is 2. The second kappa shape index (κ2) is 4.79. The fourth-order valence-corrected chi connectivity index (χ4v) is 2.46. The molecule has 3 heteroatoms. The van der Waals surface area contributed by atoms with E-state index in [9.17, 15) is 4.79 Å². The highest BCUT2D eigenvalue weighted by Crippen LogP contribution is 2.46. The molecule has 0 N–H and O–H groups in total. The van der Waals surface area contributed by atoms with Crippen LogP contribution in [-0.2, 0) is 16.1 Å². The van der Waals surface area contributed by atoms with Gasteiger partial charge >= 0.3 is 0 Å². The van der Waals surface area contributed by atoms with E-state index in [1.807, 2.05) is 44.2 Å². The number of ether oxygens (including phenoxy) is 1. The van der Waals surface area contributed by atoms with Crippen molar-refractivity contribution >= 4 is 17.4 Å². The van der Waals surface area contributed by atoms with Crippen molar-refractivity contribution in [1.82, 2.24) is 0 Å². The lowest BCUT2D eigenvalue weighted by Gasteiger charge is -2.46. The van der Waals surface area contributed by atoms with Crippen LogP contribution in [0.1, 0.15) is 19.4 Å². The van der Waals surface area contributed by atoms with Crippen LogP contribution in [-0.4, -0.2) is 17.8 Å². The van der Waals surface area contributed by atoms with E-state index in [0.29, 0.717) is 13.2 Å². The topological polar surface area (TPSA) is 26.3 Å². The monoisotopic (exact) mass is 252 g/mol. The Kier molecular flexibility index (Phi) is 3.55. The van der Waals surface area contributed by atoms with Gasteiger partial charge in [-0.25, -0.2) is 0 Å². The van der Waals surface area contributed by atoms with Crippen LogP contribution in [0.2, 0.25) is 0 Å². The van der Waals surface area contributed by atoms with Crippen LogP contribution in [0, 0.1) is 11.3 Å². The summed E-state index contributed by atoms with van der Waals surface area (Å²) in [5, 5.41) is -0.354. The van der Waals surface area contributed by atoms with Gasteiger partial charge in [0.2, 0.25) is 0 Å². The highest BCUT2D eigenvalue weighted by atomic mass is 35.5. The predicted molar refractivity (Wildman–Crippen MR) is 68.0 cm³/mol. The first-order chi connectivity index (χ1) is 8.03. The third kappa shape index (κ3) is 2.38. The molecule has 1 saturated carbocycles. The minimum absolute atomic E-state index is 0.0614. The summed E-state index contributed by atoms with van der Waals surface area (Å²) in [4.78, 5) is 11.6. The van der Waals surface area contributed by atoms with Gasteiger partial charge in [-0.15, -0.1) is 11.6 Å². The molecule has 1 fully saturated rings. The zero-order chi connectivity index (χ0) is 12.5. The molecule has 0 heterocycles. The number of carbonyl (C=O) groups is 1. The molecule has 1 aliphatic rings. The molecule has 0 aliphatic heterocycles. The first-order valence-electron chi connectivity index (χ1n) is 5.83. The number of benzene rings is 1. The maximum Gasteiger partial charge on any atom is 0.157 e. The Labute approximate surface area is 107 Å². The number of hydrogen-bond donors (Lipinski definition) is 0. The van der Waals surface area contributed by atoms with E-state index in [1.165, 1.54) is 0 Å². The molecule has 1 aromatic carbocycles. The number of carbonyl (C=O) groups excluding carboxylic acids is 1.